The summed E-state index contributed by atoms with van der Waals surface area (Å²) in [6.45, 7) is 7.54. The average molecular weight is 467 g/mol. The number of aryl methyl sites for hydroxylation is 2. The van der Waals surface area contributed by atoms with Crippen molar-refractivity contribution in [1.82, 2.24) is 10.3 Å². The van der Waals surface area contributed by atoms with Gasteiger partial charge in [0.1, 0.15) is 5.75 Å². The maximum absolute atomic E-state index is 13.8. The highest BCUT2D eigenvalue weighted by molar-refractivity contribution is 8.15. The van der Waals surface area contributed by atoms with E-state index in [1.165, 1.54) is 18.9 Å². The molecule has 1 atom stereocenters. The molecule has 33 heavy (non-hydrogen) atoms. The number of amides is 3. The number of hydrogen-bond acceptors (Lipinski definition) is 6. The molecule has 2 aliphatic heterocycles. The third kappa shape index (κ3) is 4.20. The lowest BCUT2D eigenvalue weighted by molar-refractivity contribution is -0.139. The lowest BCUT2D eigenvalue weighted by Gasteiger charge is -2.29. The van der Waals surface area contributed by atoms with Crippen LogP contribution in [-0.4, -0.2) is 41.0 Å². The van der Waals surface area contributed by atoms with Crippen LogP contribution < -0.4 is 15.0 Å². The minimum Gasteiger partial charge on any atom is -0.494 e. The number of fused-ring (bicyclic) bond motifs is 2. The first-order valence-electron chi connectivity index (χ1n) is 10.7. The van der Waals surface area contributed by atoms with Crippen molar-refractivity contribution in [2.75, 3.05) is 18.1 Å². The molecule has 2 aliphatic rings. The molecule has 2 aromatic rings. The van der Waals surface area contributed by atoms with Gasteiger partial charge in [-0.25, -0.2) is 0 Å². The number of anilines is 1. The van der Waals surface area contributed by atoms with Gasteiger partial charge >= 0.3 is 0 Å². The zero-order valence-electron chi connectivity index (χ0n) is 19.0. The number of carbonyl (C=O) groups excluding carboxylic acids is 3. The molecule has 0 saturated heterocycles. The van der Waals surface area contributed by atoms with Crippen molar-refractivity contribution < 1.29 is 19.1 Å². The summed E-state index contributed by atoms with van der Waals surface area (Å²) in [5.74, 6) is -0.180. The SMILES string of the molecule is CC(=O)NC1=NN(C(C)=O)[C@]2(S1)C(=O)N(CCCOc1ccc(C)cc1)c1ccc(C)cc12. The Kier molecular flexibility index (Phi) is 6.16. The Hall–Kier alpha value is -3.33. The third-order valence-electron chi connectivity index (χ3n) is 5.47. The van der Waals surface area contributed by atoms with Gasteiger partial charge in [0.05, 0.1) is 12.3 Å². The van der Waals surface area contributed by atoms with E-state index in [0.29, 0.717) is 25.1 Å². The highest BCUT2D eigenvalue weighted by Crippen LogP contribution is 2.54. The molecule has 0 aliphatic carbocycles. The summed E-state index contributed by atoms with van der Waals surface area (Å²) in [4.78, 5) is 38.3. The van der Waals surface area contributed by atoms with E-state index >= 15 is 0 Å². The van der Waals surface area contributed by atoms with E-state index < -0.39 is 4.87 Å². The number of rotatable bonds is 5. The second-order valence-corrected chi connectivity index (χ2v) is 9.34. The maximum Gasteiger partial charge on any atom is 0.270 e. The first-order chi connectivity index (χ1) is 15.7. The fourth-order valence-electron chi connectivity index (χ4n) is 3.99. The van der Waals surface area contributed by atoms with Crippen molar-refractivity contribution in [2.45, 2.75) is 39.0 Å². The summed E-state index contributed by atoms with van der Waals surface area (Å²) in [6, 6.07) is 13.6. The molecule has 8 nitrogen and oxygen atoms in total. The smallest absolute Gasteiger partial charge is 0.270 e. The molecule has 0 bridgehead atoms. The van der Waals surface area contributed by atoms with Crippen molar-refractivity contribution in [3.8, 4) is 5.75 Å². The molecular weight excluding hydrogens is 440 g/mol. The summed E-state index contributed by atoms with van der Waals surface area (Å²) in [5, 5.41) is 8.31. The summed E-state index contributed by atoms with van der Waals surface area (Å²) < 4.78 is 5.82. The van der Waals surface area contributed by atoms with Crippen LogP contribution >= 0.6 is 11.8 Å². The molecule has 0 unspecified atom stereocenters. The Morgan fingerprint density at radius 2 is 1.79 bits per heavy atom. The minimum atomic E-state index is -1.37. The van der Waals surface area contributed by atoms with E-state index in [1.54, 1.807) is 4.90 Å². The zero-order valence-corrected chi connectivity index (χ0v) is 19.9. The molecule has 0 saturated carbocycles. The minimum absolute atomic E-state index is 0.225. The van der Waals surface area contributed by atoms with Crippen LogP contribution in [0.5, 0.6) is 5.75 Å². The van der Waals surface area contributed by atoms with Crippen molar-refractivity contribution in [3.05, 3.63) is 59.2 Å². The lowest BCUT2D eigenvalue weighted by Crippen LogP contribution is -2.48. The standard InChI is InChI=1S/C24H26N4O4S/c1-15-6-9-19(10-7-15)32-13-5-12-27-21-11-8-16(2)14-20(21)24(22(27)31)28(18(4)30)26-23(33-24)25-17(3)29/h6-11,14H,5,12-13H2,1-4H3,(H,25,26,29)/t24-/m1/s1. The van der Waals surface area contributed by atoms with E-state index in [-0.39, 0.29) is 22.9 Å². The quantitative estimate of drug-likeness (QED) is 0.683. The van der Waals surface area contributed by atoms with E-state index in [4.69, 9.17) is 4.74 Å². The van der Waals surface area contributed by atoms with Gasteiger partial charge in [-0.1, -0.05) is 35.4 Å². The van der Waals surface area contributed by atoms with Crippen LogP contribution in [0.15, 0.2) is 47.6 Å². The second-order valence-electron chi connectivity index (χ2n) is 8.16. The van der Waals surface area contributed by atoms with Gasteiger partial charge in [-0.3, -0.25) is 14.4 Å². The van der Waals surface area contributed by atoms with Gasteiger partial charge in [0.2, 0.25) is 16.7 Å². The molecule has 2 heterocycles. The van der Waals surface area contributed by atoms with E-state index in [1.807, 2.05) is 56.3 Å². The number of benzene rings is 2. The van der Waals surface area contributed by atoms with E-state index in [2.05, 4.69) is 10.4 Å². The first-order valence-corrected chi connectivity index (χ1v) is 11.5. The summed E-state index contributed by atoms with van der Waals surface area (Å²) >= 11 is 1.09. The maximum atomic E-state index is 13.8. The molecule has 0 radical (unpaired) electrons. The lowest BCUT2D eigenvalue weighted by atomic mass is 10.0. The number of hydrazone groups is 1. The molecule has 0 aromatic heterocycles. The summed E-state index contributed by atoms with van der Waals surface area (Å²) in [6.07, 6.45) is 0.604. The van der Waals surface area contributed by atoms with Crippen LogP contribution in [0.1, 0.15) is 37.0 Å². The molecule has 1 spiro atoms. The van der Waals surface area contributed by atoms with Gasteiger partial charge in [0, 0.05) is 26.0 Å². The van der Waals surface area contributed by atoms with Crippen LogP contribution in [0.4, 0.5) is 5.69 Å². The number of amidine groups is 1. The van der Waals surface area contributed by atoms with Crippen LogP contribution in [0, 0.1) is 13.8 Å². The fraction of sp³-hybridized carbons (Fsp3) is 0.333. The topological polar surface area (TPSA) is 91.3 Å². The highest BCUT2D eigenvalue weighted by Gasteiger charge is 2.61. The van der Waals surface area contributed by atoms with Gasteiger partial charge in [-0.2, -0.15) is 5.01 Å². The largest absolute Gasteiger partial charge is 0.494 e. The van der Waals surface area contributed by atoms with Crippen molar-refractivity contribution in [3.63, 3.8) is 0 Å². The Bertz CT molecular complexity index is 1150. The number of carbonyl (C=O) groups is 3. The number of hydrogen-bond donors (Lipinski definition) is 1. The van der Waals surface area contributed by atoms with Gasteiger partial charge in [-0.05, 0) is 50.2 Å². The van der Waals surface area contributed by atoms with Crippen molar-refractivity contribution in [2.24, 2.45) is 5.10 Å². The van der Waals surface area contributed by atoms with Gasteiger partial charge in [-0.15, -0.1) is 5.10 Å². The molecule has 3 amide bonds. The second kappa shape index (κ2) is 8.90. The van der Waals surface area contributed by atoms with Gasteiger partial charge in [0.25, 0.3) is 5.91 Å². The molecule has 9 heteroatoms. The zero-order chi connectivity index (χ0) is 23.8. The Labute approximate surface area is 197 Å². The van der Waals surface area contributed by atoms with E-state index in [9.17, 15) is 14.4 Å². The molecule has 172 valence electrons. The van der Waals surface area contributed by atoms with Crippen LogP contribution in [0.2, 0.25) is 0 Å². The van der Waals surface area contributed by atoms with Crippen LogP contribution in [0.25, 0.3) is 0 Å². The predicted molar refractivity (Wildman–Crippen MR) is 128 cm³/mol. The van der Waals surface area contributed by atoms with Crippen molar-refractivity contribution >= 4 is 40.3 Å². The first kappa shape index (κ1) is 22.8. The fourth-order valence-corrected chi connectivity index (χ4v) is 5.32. The molecule has 4 rings (SSSR count). The Balaban J connectivity index is 1.58. The third-order valence-corrected chi connectivity index (χ3v) is 6.71. The number of ether oxygens (including phenoxy) is 1. The number of thioether (sulfide) groups is 1. The molecule has 1 N–H and O–H groups in total. The summed E-state index contributed by atoms with van der Waals surface area (Å²) in [7, 11) is 0. The Morgan fingerprint density at radius 3 is 2.45 bits per heavy atom. The molecule has 2 aromatic carbocycles. The van der Waals surface area contributed by atoms with Crippen LogP contribution in [-0.2, 0) is 19.3 Å². The van der Waals surface area contributed by atoms with Gasteiger partial charge in [0.15, 0.2) is 5.17 Å². The molecular formula is C24H26N4O4S. The molecule has 0 fully saturated rings. The van der Waals surface area contributed by atoms with Crippen LogP contribution in [0.3, 0.4) is 0 Å². The monoisotopic (exact) mass is 466 g/mol. The average Bonchev–Trinajstić information content (AvgIpc) is 3.24. The highest BCUT2D eigenvalue weighted by atomic mass is 32.2. The van der Waals surface area contributed by atoms with Crippen molar-refractivity contribution in [1.29, 1.82) is 0 Å². The number of nitrogens with one attached hydrogen (secondary N) is 1. The normalized spacial score (nSPS) is 19.0. The Morgan fingerprint density at radius 1 is 1.09 bits per heavy atom. The predicted octanol–water partition coefficient (Wildman–Crippen LogP) is 3.27. The van der Waals surface area contributed by atoms with E-state index in [0.717, 1.165) is 34.3 Å². The van der Waals surface area contributed by atoms with Gasteiger partial charge < -0.3 is 15.0 Å². The summed E-state index contributed by atoms with van der Waals surface area (Å²) in [5.41, 5.74) is 3.55. The number of nitrogens with zero attached hydrogens (tertiary/aromatic N) is 3.